The molecule has 142 valence electrons. The van der Waals surface area contributed by atoms with Crippen molar-refractivity contribution in [2.75, 3.05) is 37.4 Å². The van der Waals surface area contributed by atoms with Gasteiger partial charge in [-0.25, -0.2) is 15.0 Å². The molecule has 0 saturated carbocycles. The molecule has 1 N–H and O–H groups in total. The Balaban J connectivity index is 1.43. The Kier molecular flexibility index (Phi) is 4.91. The van der Waals surface area contributed by atoms with E-state index in [2.05, 4.69) is 68.4 Å². The van der Waals surface area contributed by atoms with E-state index in [-0.39, 0.29) is 5.69 Å². The predicted molar refractivity (Wildman–Crippen MR) is 108 cm³/mol. The highest BCUT2D eigenvalue weighted by atomic mass is 15.2. The van der Waals surface area contributed by atoms with Gasteiger partial charge in [0, 0.05) is 30.5 Å². The largest absolute Gasteiger partial charge is 0.370 e. The van der Waals surface area contributed by atoms with Gasteiger partial charge in [-0.15, -0.1) is 0 Å². The molecule has 28 heavy (non-hydrogen) atoms. The summed E-state index contributed by atoms with van der Waals surface area (Å²) in [6.07, 6.45) is 7.80. The number of imidazole rings is 1. The second kappa shape index (κ2) is 7.66. The Labute approximate surface area is 164 Å². The number of likely N-dealkylation sites (N-methyl/N-ethyl adjacent to an activating group) is 1. The molecule has 2 aromatic heterocycles. The van der Waals surface area contributed by atoms with Crippen LogP contribution in [0.25, 0.3) is 5.69 Å². The molecule has 1 aromatic carbocycles. The van der Waals surface area contributed by atoms with E-state index in [1.54, 1.807) is 6.33 Å². The van der Waals surface area contributed by atoms with Gasteiger partial charge in [0.1, 0.15) is 24.0 Å². The lowest BCUT2D eigenvalue weighted by atomic mass is 10.2. The first-order valence-corrected chi connectivity index (χ1v) is 9.17. The lowest BCUT2D eigenvalue weighted by Crippen LogP contribution is -2.31. The van der Waals surface area contributed by atoms with Crippen LogP contribution < -0.4 is 10.2 Å². The zero-order valence-corrected chi connectivity index (χ0v) is 15.9. The van der Waals surface area contributed by atoms with E-state index in [1.165, 1.54) is 24.5 Å². The highest BCUT2D eigenvalue weighted by Gasteiger charge is 2.23. The molecule has 0 bridgehead atoms. The number of nitrogens with one attached hydrogen (secondary N) is 1. The van der Waals surface area contributed by atoms with E-state index >= 15 is 0 Å². The molecule has 8 heteroatoms. The van der Waals surface area contributed by atoms with Crippen LogP contribution in [0.15, 0.2) is 49.2 Å². The van der Waals surface area contributed by atoms with Crippen LogP contribution in [0.2, 0.25) is 0 Å². The molecular weight excluding hydrogens is 352 g/mol. The summed E-state index contributed by atoms with van der Waals surface area (Å²) in [6.45, 7) is 2.16. The van der Waals surface area contributed by atoms with Crippen LogP contribution in [0.3, 0.4) is 0 Å². The molecular formula is C20H22N8. The quantitative estimate of drug-likeness (QED) is 0.734. The molecule has 1 atom stereocenters. The van der Waals surface area contributed by atoms with Crippen LogP contribution >= 0.6 is 0 Å². The number of anilines is 3. The summed E-state index contributed by atoms with van der Waals surface area (Å²) in [5.41, 5.74) is 2.57. The third kappa shape index (κ3) is 3.80. The number of benzene rings is 1. The van der Waals surface area contributed by atoms with Gasteiger partial charge in [-0.1, -0.05) is 0 Å². The smallest absolute Gasteiger partial charge is 0.158 e. The van der Waals surface area contributed by atoms with Crippen LogP contribution in [0.1, 0.15) is 12.1 Å². The summed E-state index contributed by atoms with van der Waals surface area (Å²) in [7, 11) is 4.29. The van der Waals surface area contributed by atoms with Gasteiger partial charge in [0.15, 0.2) is 5.69 Å². The van der Waals surface area contributed by atoms with Gasteiger partial charge in [-0.3, -0.25) is 0 Å². The van der Waals surface area contributed by atoms with Crippen molar-refractivity contribution in [3.8, 4) is 11.8 Å². The Morgan fingerprint density at radius 1 is 1.07 bits per heavy atom. The molecule has 8 nitrogen and oxygen atoms in total. The summed E-state index contributed by atoms with van der Waals surface area (Å²) < 4.78 is 1.95. The Morgan fingerprint density at radius 3 is 2.50 bits per heavy atom. The van der Waals surface area contributed by atoms with Crippen molar-refractivity contribution in [1.29, 1.82) is 5.26 Å². The number of hydrogen-bond acceptors (Lipinski definition) is 7. The molecule has 0 radical (unpaired) electrons. The van der Waals surface area contributed by atoms with Crippen molar-refractivity contribution >= 4 is 17.3 Å². The highest BCUT2D eigenvalue weighted by molar-refractivity contribution is 5.54. The Morgan fingerprint density at radius 2 is 1.86 bits per heavy atom. The van der Waals surface area contributed by atoms with Crippen LogP contribution in [-0.2, 0) is 0 Å². The second-order valence-electron chi connectivity index (χ2n) is 7.06. The molecule has 0 unspecified atom stereocenters. The standard InChI is InChI=1S/C20H22N8/c1-26(2)18-7-8-27(12-18)16-3-5-17(6-4-16)28-13-20(24-14-28)25-19-11-22-15(9-21)10-23-19/h3-6,10-11,13-14,18H,7-8,12H2,1-2H3,(H,23,25)/t18-/m0/s1. The van der Waals surface area contributed by atoms with Crippen LogP contribution in [-0.4, -0.2) is 57.6 Å². The van der Waals surface area contributed by atoms with Crippen molar-refractivity contribution in [1.82, 2.24) is 24.4 Å². The molecule has 3 heterocycles. The van der Waals surface area contributed by atoms with Crippen molar-refractivity contribution in [3.05, 3.63) is 54.9 Å². The summed E-state index contributed by atoms with van der Waals surface area (Å²) in [5, 5.41) is 11.9. The van der Waals surface area contributed by atoms with Gasteiger partial charge < -0.3 is 19.7 Å². The molecule has 1 fully saturated rings. The SMILES string of the molecule is CN(C)[C@H]1CCN(c2ccc(-n3cnc(Nc4cnc(C#N)cn4)c3)cc2)C1. The number of hydrogen-bond donors (Lipinski definition) is 1. The van der Waals surface area contributed by atoms with Crippen LogP contribution in [0.4, 0.5) is 17.3 Å². The molecule has 0 amide bonds. The zero-order chi connectivity index (χ0) is 19.5. The summed E-state index contributed by atoms with van der Waals surface area (Å²) >= 11 is 0. The van der Waals surface area contributed by atoms with Crippen molar-refractivity contribution < 1.29 is 0 Å². The van der Waals surface area contributed by atoms with Crippen LogP contribution in [0.5, 0.6) is 0 Å². The maximum atomic E-state index is 8.78. The molecule has 1 saturated heterocycles. The van der Waals surface area contributed by atoms with Crippen LogP contribution in [0, 0.1) is 11.3 Å². The molecule has 0 spiro atoms. The van der Waals surface area contributed by atoms with Crippen molar-refractivity contribution in [3.63, 3.8) is 0 Å². The third-order valence-corrected chi connectivity index (χ3v) is 5.01. The summed E-state index contributed by atoms with van der Waals surface area (Å²) in [4.78, 5) is 17.2. The van der Waals surface area contributed by atoms with E-state index in [4.69, 9.17) is 5.26 Å². The number of nitriles is 1. The minimum Gasteiger partial charge on any atom is -0.370 e. The first-order valence-electron chi connectivity index (χ1n) is 9.17. The fourth-order valence-corrected chi connectivity index (χ4v) is 3.34. The monoisotopic (exact) mass is 374 g/mol. The molecule has 1 aliphatic rings. The van der Waals surface area contributed by atoms with Gasteiger partial charge in [-0.05, 0) is 44.8 Å². The normalized spacial score (nSPS) is 16.4. The number of aromatic nitrogens is 4. The fraction of sp³-hybridized carbons (Fsp3) is 0.300. The van der Waals surface area contributed by atoms with Crippen molar-refractivity contribution in [2.45, 2.75) is 12.5 Å². The second-order valence-corrected chi connectivity index (χ2v) is 7.06. The molecule has 4 rings (SSSR count). The van der Waals surface area contributed by atoms with E-state index < -0.39 is 0 Å². The minimum atomic E-state index is 0.283. The van der Waals surface area contributed by atoms with Gasteiger partial charge in [-0.2, -0.15) is 5.26 Å². The average molecular weight is 374 g/mol. The van der Waals surface area contributed by atoms with Gasteiger partial charge >= 0.3 is 0 Å². The molecule has 3 aromatic rings. The van der Waals surface area contributed by atoms with E-state index in [0.29, 0.717) is 17.7 Å². The zero-order valence-electron chi connectivity index (χ0n) is 15.9. The summed E-state index contributed by atoms with van der Waals surface area (Å²) in [6, 6.07) is 11.1. The van der Waals surface area contributed by atoms with Gasteiger partial charge in [0.25, 0.3) is 0 Å². The maximum absolute atomic E-state index is 8.78. The first-order chi connectivity index (χ1) is 13.6. The lowest BCUT2D eigenvalue weighted by molar-refractivity contribution is 0.315. The number of nitrogens with zero attached hydrogens (tertiary/aromatic N) is 7. The van der Waals surface area contributed by atoms with E-state index in [0.717, 1.165) is 18.8 Å². The molecule has 1 aliphatic heterocycles. The van der Waals surface area contributed by atoms with Crippen molar-refractivity contribution in [2.24, 2.45) is 0 Å². The fourth-order valence-electron chi connectivity index (χ4n) is 3.34. The number of rotatable bonds is 5. The van der Waals surface area contributed by atoms with E-state index in [1.807, 2.05) is 16.8 Å². The topological polar surface area (TPSA) is 85.9 Å². The Bertz CT molecular complexity index is 969. The third-order valence-electron chi connectivity index (χ3n) is 5.01. The first kappa shape index (κ1) is 17.9. The lowest BCUT2D eigenvalue weighted by Gasteiger charge is -2.22. The predicted octanol–water partition coefficient (Wildman–Crippen LogP) is 2.42. The maximum Gasteiger partial charge on any atom is 0.158 e. The highest BCUT2D eigenvalue weighted by Crippen LogP contribution is 2.24. The van der Waals surface area contributed by atoms with E-state index in [9.17, 15) is 0 Å². The Hall–Kier alpha value is -3.44. The summed E-state index contributed by atoms with van der Waals surface area (Å²) in [5.74, 6) is 1.21. The minimum absolute atomic E-state index is 0.283. The van der Waals surface area contributed by atoms with Gasteiger partial charge in [0.2, 0.25) is 0 Å². The molecule has 0 aliphatic carbocycles. The average Bonchev–Trinajstić information content (AvgIpc) is 3.39. The van der Waals surface area contributed by atoms with Gasteiger partial charge in [0.05, 0.1) is 18.6 Å².